The maximum Gasteiger partial charge on any atom is 0.291 e. The molecule has 0 aliphatic carbocycles. The fourth-order valence-corrected chi connectivity index (χ4v) is 2.64. The van der Waals surface area contributed by atoms with Gasteiger partial charge in [-0.3, -0.25) is 4.79 Å². The van der Waals surface area contributed by atoms with Crippen LogP contribution in [0.25, 0.3) is 0 Å². The van der Waals surface area contributed by atoms with Crippen LogP contribution in [0.4, 0.5) is 5.69 Å². The fraction of sp³-hybridized carbons (Fsp3) is 0.150. The Kier molecular flexibility index (Phi) is 5.49. The Morgan fingerprint density at radius 3 is 2.62 bits per heavy atom. The first kappa shape index (κ1) is 17.9. The summed E-state index contributed by atoms with van der Waals surface area (Å²) in [7, 11) is 1.58. The Balaban J connectivity index is 1.64. The van der Waals surface area contributed by atoms with Crippen LogP contribution in [0.5, 0.6) is 11.5 Å². The number of carbonyl (C=O) groups excluding carboxylic acids is 1. The Morgan fingerprint density at radius 2 is 1.88 bits per heavy atom. The minimum Gasteiger partial charge on any atom is -0.493 e. The second kappa shape index (κ2) is 7.97. The number of rotatable bonds is 6. The van der Waals surface area contributed by atoms with Gasteiger partial charge < -0.3 is 19.2 Å². The molecule has 0 aliphatic heterocycles. The number of halogens is 1. The minimum atomic E-state index is -0.334. The van der Waals surface area contributed by atoms with Gasteiger partial charge in [0.05, 0.1) is 7.11 Å². The third-order valence-corrected chi connectivity index (χ3v) is 4.00. The van der Waals surface area contributed by atoms with Gasteiger partial charge >= 0.3 is 0 Å². The van der Waals surface area contributed by atoms with Crippen molar-refractivity contribution in [2.24, 2.45) is 0 Å². The number of hydrogen-bond donors (Lipinski definition) is 1. The summed E-state index contributed by atoms with van der Waals surface area (Å²) in [6.45, 7) is 2.06. The van der Waals surface area contributed by atoms with E-state index in [9.17, 15) is 4.79 Å². The van der Waals surface area contributed by atoms with Crippen molar-refractivity contribution in [2.45, 2.75) is 13.5 Å². The topological polar surface area (TPSA) is 60.7 Å². The van der Waals surface area contributed by atoms with Crippen molar-refractivity contribution in [3.8, 4) is 11.5 Å². The normalized spacial score (nSPS) is 10.4. The summed E-state index contributed by atoms with van der Waals surface area (Å²) in [5.74, 6) is 1.65. The summed E-state index contributed by atoms with van der Waals surface area (Å²) in [6, 6.07) is 15.9. The zero-order valence-corrected chi connectivity index (χ0v) is 15.2. The van der Waals surface area contributed by atoms with Crippen LogP contribution in [-0.4, -0.2) is 13.0 Å². The van der Waals surface area contributed by atoms with Crippen LogP contribution in [0, 0.1) is 6.92 Å². The van der Waals surface area contributed by atoms with Gasteiger partial charge in [-0.15, -0.1) is 0 Å². The average molecular weight is 372 g/mol. The van der Waals surface area contributed by atoms with Gasteiger partial charge in [0.1, 0.15) is 12.4 Å². The van der Waals surface area contributed by atoms with Gasteiger partial charge in [0.15, 0.2) is 17.3 Å². The second-order valence-electron chi connectivity index (χ2n) is 5.62. The van der Waals surface area contributed by atoms with Gasteiger partial charge in [-0.2, -0.15) is 0 Å². The average Bonchev–Trinajstić information content (AvgIpc) is 3.11. The van der Waals surface area contributed by atoms with Gasteiger partial charge in [-0.05, 0) is 55.0 Å². The maximum absolute atomic E-state index is 12.3. The largest absolute Gasteiger partial charge is 0.493 e. The number of amides is 1. The number of ether oxygens (including phenoxy) is 2. The highest BCUT2D eigenvalue weighted by atomic mass is 35.5. The summed E-state index contributed by atoms with van der Waals surface area (Å²) in [4.78, 5) is 12.3. The molecule has 1 N–H and O–H groups in total. The van der Waals surface area contributed by atoms with E-state index in [1.165, 1.54) is 0 Å². The summed E-state index contributed by atoms with van der Waals surface area (Å²) in [6.07, 6.45) is 0. The third-order valence-electron chi connectivity index (χ3n) is 3.76. The first-order chi connectivity index (χ1) is 12.6. The second-order valence-corrected chi connectivity index (χ2v) is 6.06. The molecule has 0 aliphatic rings. The monoisotopic (exact) mass is 371 g/mol. The van der Waals surface area contributed by atoms with Crippen molar-refractivity contribution < 1.29 is 18.7 Å². The lowest BCUT2D eigenvalue weighted by molar-refractivity contribution is 0.0992. The van der Waals surface area contributed by atoms with Crippen molar-refractivity contribution in [1.29, 1.82) is 0 Å². The molecule has 0 unspecified atom stereocenters. The highest BCUT2D eigenvalue weighted by Gasteiger charge is 2.13. The Labute approximate surface area is 156 Å². The first-order valence-electron chi connectivity index (χ1n) is 7.99. The number of hydrogen-bond acceptors (Lipinski definition) is 4. The number of furan rings is 1. The lowest BCUT2D eigenvalue weighted by Crippen LogP contribution is -2.11. The fourth-order valence-electron chi connectivity index (χ4n) is 2.42. The van der Waals surface area contributed by atoms with E-state index in [0.717, 1.165) is 5.56 Å². The van der Waals surface area contributed by atoms with Gasteiger partial charge in [0, 0.05) is 10.7 Å². The molecule has 0 fully saturated rings. The van der Waals surface area contributed by atoms with Gasteiger partial charge in [-0.25, -0.2) is 0 Å². The Bertz CT molecular complexity index is 920. The lowest BCUT2D eigenvalue weighted by Gasteiger charge is -2.09. The van der Waals surface area contributed by atoms with Crippen LogP contribution in [0.1, 0.15) is 21.9 Å². The van der Waals surface area contributed by atoms with Crippen LogP contribution in [-0.2, 0) is 6.61 Å². The Hall–Kier alpha value is -2.92. The van der Waals surface area contributed by atoms with Gasteiger partial charge in [0.2, 0.25) is 0 Å². The number of methoxy groups -OCH3 is 1. The van der Waals surface area contributed by atoms with Crippen LogP contribution in [0.15, 0.2) is 59.0 Å². The van der Waals surface area contributed by atoms with E-state index in [-0.39, 0.29) is 18.3 Å². The van der Waals surface area contributed by atoms with Crippen LogP contribution >= 0.6 is 11.6 Å². The molecule has 134 valence electrons. The van der Waals surface area contributed by atoms with Crippen molar-refractivity contribution in [3.63, 3.8) is 0 Å². The van der Waals surface area contributed by atoms with Crippen LogP contribution in [0.2, 0.25) is 5.02 Å². The SMILES string of the molecule is COc1ccccc1OCc1ccc(C(=O)Nc2ccc(Cl)cc2C)o1. The number of para-hydroxylation sites is 2. The maximum atomic E-state index is 12.3. The molecule has 1 heterocycles. The van der Waals surface area contributed by atoms with E-state index >= 15 is 0 Å². The Morgan fingerprint density at radius 1 is 1.12 bits per heavy atom. The molecule has 0 spiro atoms. The van der Waals surface area contributed by atoms with E-state index in [1.54, 1.807) is 43.5 Å². The van der Waals surface area contributed by atoms with Crippen LogP contribution in [0.3, 0.4) is 0 Å². The molecule has 5 nitrogen and oxygen atoms in total. The summed E-state index contributed by atoms with van der Waals surface area (Å²) in [5, 5.41) is 3.43. The van der Waals surface area contributed by atoms with E-state index < -0.39 is 0 Å². The zero-order chi connectivity index (χ0) is 18.5. The predicted octanol–water partition coefficient (Wildman–Crippen LogP) is 5.08. The van der Waals surface area contributed by atoms with Crippen molar-refractivity contribution >= 4 is 23.2 Å². The summed E-state index contributed by atoms with van der Waals surface area (Å²) < 4.78 is 16.5. The predicted molar refractivity (Wildman–Crippen MR) is 100 cm³/mol. The molecule has 3 aromatic rings. The number of benzene rings is 2. The van der Waals surface area contributed by atoms with Crippen LogP contribution < -0.4 is 14.8 Å². The minimum absolute atomic E-state index is 0.188. The highest BCUT2D eigenvalue weighted by Crippen LogP contribution is 2.27. The quantitative estimate of drug-likeness (QED) is 0.656. The van der Waals surface area contributed by atoms with E-state index in [2.05, 4.69) is 5.32 Å². The van der Waals surface area contributed by atoms with E-state index in [0.29, 0.717) is 28.0 Å². The number of aryl methyl sites for hydroxylation is 1. The van der Waals surface area contributed by atoms with Crippen molar-refractivity contribution in [3.05, 3.63) is 76.7 Å². The standard InChI is InChI=1S/C20H18ClNO4/c1-13-11-14(21)7-9-16(13)22-20(23)19-10-8-15(26-19)12-25-18-6-4-3-5-17(18)24-2/h3-11H,12H2,1-2H3,(H,22,23). The van der Waals surface area contributed by atoms with E-state index in [1.807, 2.05) is 25.1 Å². The van der Waals surface area contributed by atoms with Crippen molar-refractivity contribution in [1.82, 2.24) is 0 Å². The molecule has 2 aromatic carbocycles. The summed E-state index contributed by atoms with van der Waals surface area (Å²) >= 11 is 5.93. The van der Waals surface area contributed by atoms with Gasteiger partial charge in [0.25, 0.3) is 5.91 Å². The van der Waals surface area contributed by atoms with Crippen molar-refractivity contribution in [2.75, 3.05) is 12.4 Å². The highest BCUT2D eigenvalue weighted by molar-refractivity contribution is 6.30. The molecular weight excluding hydrogens is 354 g/mol. The molecule has 1 aromatic heterocycles. The summed E-state index contributed by atoms with van der Waals surface area (Å²) in [5.41, 5.74) is 1.56. The molecule has 0 saturated carbocycles. The number of nitrogens with one attached hydrogen (secondary N) is 1. The third kappa shape index (κ3) is 4.18. The van der Waals surface area contributed by atoms with Gasteiger partial charge in [-0.1, -0.05) is 23.7 Å². The first-order valence-corrected chi connectivity index (χ1v) is 8.36. The smallest absolute Gasteiger partial charge is 0.291 e. The molecule has 0 bridgehead atoms. The molecule has 26 heavy (non-hydrogen) atoms. The lowest BCUT2D eigenvalue weighted by atomic mass is 10.2. The molecule has 1 amide bonds. The number of carbonyl (C=O) groups is 1. The number of anilines is 1. The molecule has 0 radical (unpaired) electrons. The zero-order valence-electron chi connectivity index (χ0n) is 14.4. The molecular formula is C20H18ClNO4. The molecule has 0 saturated heterocycles. The molecule has 0 atom stereocenters. The van der Waals surface area contributed by atoms with E-state index in [4.69, 9.17) is 25.5 Å². The molecule has 6 heteroatoms. The molecule has 3 rings (SSSR count).